The number of carbonyl (C=O) groups excluding carboxylic acids is 1. The summed E-state index contributed by atoms with van der Waals surface area (Å²) in [5, 5.41) is 15.5. The molecule has 0 saturated carbocycles. The Kier molecular flexibility index (Phi) is 3.96. The summed E-state index contributed by atoms with van der Waals surface area (Å²) in [6.45, 7) is 8.46. The zero-order valence-electron chi connectivity index (χ0n) is 12.4. The molecule has 0 aromatic carbocycles. The lowest BCUT2D eigenvalue weighted by Gasteiger charge is -2.18. The van der Waals surface area contributed by atoms with Crippen LogP contribution in [-0.4, -0.2) is 36.0 Å². The number of aromatic nitrogens is 6. The number of hydrogen-bond donors (Lipinski definition) is 0. The molecule has 2 rings (SSSR count). The molecule has 0 radical (unpaired) electrons. The normalized spacial score (nSPS) is 11.8. The van der Waals surface area contributed by atoms with Crippen molar-refractivity contribution in [3.8, 4) is 0 Å². The van der Waals surface area contributed by atoms with E-state index in [1.54, 1.807) is 0 Å². The fraction of sp³-hybridized carbons (Fsp3) is 0.615. The quantitative estimate of drug-likeness (QED) is 0.855. The summed E-state index contributed by atoms with van der Waals surface area (Å²) in [6.07, 6.45) is 5.48. The summed E-state index contributed by atoms with van der Waals surface area (Å²) in [5.41, 5.74) is 1.79. The van der Waals surface area contributed by atoms with E-state index < -0.39 is 0 Å². The van der Waals surface area contributed by atoms with Gasteiger partial charge in [0.2, 0.25) is 0 Å². The Labute approximate surface area is 118 Å². The zero-order chi connectivity index (χ0) is 14.8. The Morgan fingerprint density at radius 2 is 2.05 bits per heavy atom. The van der Waals surface area contributed by atoms with Crippen molar-refractivity contribution in [3.63, 3.8) is 0 Å². The fourth-order valence-electron chi connectivity index (χ4n) is 2.00. The molecule has 108 valence electrons. The van der Waals surface area contributed by atoms with Gasteiger partial charge in [0.15, 0.2) is 0 Å². The summed E-state index contributed by atoms with van der Waals surface area (Å²) >= 11 is 0. The number of aryl methyl sites for hydroxylation is 1. The molecule has 2 aromatic heterocycles. The molecule has 2 heterocycles. The summed E-state index contributed by atoms with van der Waals surface area (Å²) < 4.78 is 2.50. The smallest absolute Gasteiger partial charge is 0.243 e. The Morgan fingerprint density at radius 3 is 2.60 bits per heavy atom. The predicted octanol–water partition coefficient (Wildman–Crippen LogP) is 1.93. The van der Waals surface area contributed by atoms with Gasteiger partial charge in [0.1, 0.15) is 0 Å². The average molecular weight is 276 g/mol. The predicted molar refractivity (Wildman–Crippen MR) is 73.4 cm³/mol. The number of hydrogen-bond acceptors (Lipinski definition) is 5. The highest BCUT2D eigenvalue weighted by Gasteiger charge is 2.23. The molecule has 0 aliphatic rings. The fourth-order valence-corrected chi connectivity index (χ4v) is 2.00. The molecule has 0 atom stereocenters. The molecule has 0 aliphatic carbocycles. The van der Waals surface area contributed by atoms with Gasteiger partial charge in [-0.15, -0.1) is 10.2 Å². The highest BCUT2D eigenvalue weighted by Crippen LogP contribution is 2.22. The van der Waals surface area contributed by atoms with Crippen molar-refractivity contribution >= 4 is 6.03 Å². The van der Waals surface area contributed by atoms with E-state index in [-0.39, 0.29) is 11.4 Å². The Morgan fingerprint density at radius 1 is 1.30 bits per heavy atom. The topological polar surface area (TPSA) is 78.5 Å². The van der Waals surface area contributed by atoms with Crippen LogP contribution in [-0.2, 0) is 12.8 Å². The highest BCUT2D eigenvalue weighted by atomic mass is 16.2. The van der Waals surface area contributed by atoms with Gasteiger partial charge in [0, 0.05) is 0 Å². The SMILES string of the molecule is CCCc1nnn(C(=O)n2ccnn2)c1CC(C)(C)C. The molecule has 2 aromatic rings. The van der Waals surface area contributed by atoms with Crippen LogP contribution < -0.4 is 0 Å². The van der Waals surface area contributed by atoms with Gasteiger partial charge in [-0.25, -0.2) is 4.79 Å². The molecular weight excluding hydrogens is 256 g/mol. The third-order valence-electron chi connectivity index (χ3n) is 2.83. The van der Waals surface area contributed by atoms with Crippen LogP contribution in [0, 0.1) is 5.41 Å². The lowest BCUT2D eigenvalue weighted by Crippen LogP contribution is -2.25. The molecular formula is C13H20N6O. The molecule has 0 N–H and O–H groups in total. The van der Waals surface area contributed by atoms with Gasteiger partial charge in [-0.1, -0.05) is 44.5 Å². The van der Waals surface area contributed by atoms with Crippen LogP contribution in [0.4, 0.5) is 4.79 Å². The maximum Gasteiger partial charge on any atom is 0.372 e. The first-order valence-corrected chi connectivity index (χ1v) is 6.77. The number of carbonyl (C=O) groups is 1. The van der Waals surface area contributed by atoms with Gasteiger partial charge in [0.05, 0.1) is 23.8 Å². The van der Waals surface area contributed by atoms with E-state index in [1.807, 2.05) is 0 Å². The van der Waals surface area contributed by atoms with Gasteiger partial charge in [0.25, 0.3) is 0 Å². The summed E-state index contributed by atoms with van der Waals surface area (Å²) in [5.74, 6) is 0. The molecule has 0 unspecified atom stereocenters. The molecule has 20 heavy (non-hydrogen) atoms. The van der Waals surface area contributed by atoms with Crippen molar-refractivity contribution in [2.75, 3.05) is 0 Å². The molecule has 0 spiro atoms. The van der Waals surface area contributed by atoms with Crippen LogP contribution in [0.1, 0.15) is 45.5 Å². The van der Waals surface area contributed by atoms with Crippen LogP contribution in [0.15, 0.2) is 12.4 Å². The van der Waals surface area contributed by atoms with Gasteiger partial charge in [-0.2, -0.15) is 9.36 Å². The summed E-state index contributed by atoms with van der Waals surface area (Å²) in [7, 11) is 0. The zero-order valence-corrected chi connectivity index (χ0v) is 12.4. The van der Waals surface area contributed by atoms with Crippen LogP contribution in [0.5, 0.6) is 0 Å². The van der Waals surface area contributed by atoms with E-state index in [0.717, 1.165) is 35.3 Å². The van der Waals surface area contributed by atoms with Crippen molar-refractivity contribution in [3.05, 3.63) is 23.8 Å². The van der Waals surface area contributed by atoms with Crippen molar-refractivity contribution in [2.24, 2.45) is 5.41 Å². The maximum absolute atomic E-state index is 12.4. The third kappa shape index (κ3) is 3.09. The molecule has 0 bridgehead atoms. The Bertz CT molecular complexity index is 579. The van der Waals surface area contributed by atoms with Gasteiger partial charge in [-0.3, -0.25) is 0 Å². The van der Waals surface area contributed by atoms with E-state index >= 15 is 0 Å². The second-order valence-electron chi connectivity index (χ2n) is 6.01. The van der Waals surface area contributed by atoms with Crippen molar-refractivity contribution in [1.82, 2.24) is 30.0 Å². The first-order valence-electron chi connectivity index (χ1n) is 6.77. The van der Waals surface area contributed by atoms with E-state index in [1.165, 1.54) is 17.1 Å². The van der Waals surface area contributed by atoms with Crippen molar-refractivity contribution < 1.29 is 4.79 Å². The van der Waals surface area contributed by atoms with Gasteiger partial charge < -0.3 is 0 Å². The second-order valence-corrected chi connectivity index (χ2v) is 6.01. The molecule has 7 heteroatoms. The molecule has 0 aliphatic heterocycles. The van der Waals surface area contributed by atoms with E-state index in [9.17, 15) is 4.79 Å². The first-order chi connectivity index (χ1) is 9.42. The molecule has 7 nitrogen and oxygen atoms in total. The lowest BCUT2D eigenvalue weighted by molar-refractivity contribution is 0.235. The third-order valence-corrected chi connectivity index (χ3v) is 2.83. The maximum atomic E-state index is 12.4. The summed E-state index contributed by atoms with van der Waals surface area (Å²) in [4.78, 5) is 12.4. The van der Waals surface area contributed by atoms with Crippen LogP contribution in [0.25, 0.3) is 0 Å². The first kappa shape index (κ1) is 14.4. The standard InChI is InChI=1S/C13H20N6O/c1-5-6-10-11(9-13(2,3)4)19(17-15-10)12(20)18-8-7-14-16-18/h7-8H,5-6,9H2,1-4H3. The molecule has 0 amide bonds. The van der Waals surface area contributed by atoms with Gasteiger partial charge in [-0.05, 0) is 18.3 Å². The van der Waals surface area contributed by atoms with Crippen molar-refractivity contribution in [2.45, 2.75) is 47.0 Å². The molecule has 0 saturated heterocycles. The number of nitrogens with zero attached hydrogens (tertiary/aromatic N) is 6. The van der Waals surface area contributed by atoms with E-state index in [2.05, 4.69) is 48.3 Å². The van der Waals surface area contributed by atoms with Gasteiger partial charge >= 0.3 is 6.03 Å². The minimum absolute atomic E-state index is 0.0462. The summed E-state index contributed by atoms with van der Waals surface area (Å²) in [6, 6.07) is -0.350. The minimum atomic E-state index is -0.350. The largest absolute Gasteiger partial charge is 0.372 e. The minimum Gasteiger partial charge on any atom is -0.243 e. The highest BCUT2D eigenvalue weighted by molar-refractivity contribution is 5.77. The van der Waals surface area contributed by atoms with Crippen LogP contribution >= 0.6 is 0 Å². The lowest BCUT2D eigenvalue weighted by atomic mass is 9.89. The van der Waals surface area contributed by atoms with Crippen molar-refractivity contribution in [1.29, 1.82) is 0 Å². The Balaban J connectivity index is 2.40. The van der Waals surface area contributed by atoms with Crippen LogP contribution in [0.2, 0.25) is 0 Å². The van der Waals surface area contributed by atoms with E-state index in [4.69, 9.17) is 0 Å². The Hall–Kier alpha value is -2.05. The monoisotopic (exact) mass is 276 g/mol. The molecule has 0 fully saturated rings. The van der Waals surface area contributed by atoms with E-state index in [0.29, 0.717) is 0 Å². The average Bonchev–Trinajstić information content (AvgIpc) is 2.98. The number of rotatable bonds is 3. The second kappa shape index (κ2) is 5.52. The van der Waals surface area contributed by atoms with Crippen LogP contribution in [0.3, 0.4) is 0 Å².